The Morgan fingerprint density at radius 2 is 2.20 bits per heavy atom. The Morgan fingerprint density at radius 1 is 1.40 bits per heavy atom. The Hall–Kier alpha value is -1.93. The molecule has 0 amide bonds. The van der Waals surface area contributed by atoms with Gasteiger partial charge in [0.1, 0.15) is 15.8 Å². The molecule has 8 heteroatoms. The van der Waals surface area contributed by atoms with Crippen LogP contribution >= 0.6 is 11.3 Å². The van der Waals surface area contributed by atoms with E-state index in [0.717, 1.165) is 24.0 Å². The zero-order valence-corrected chi connectivity index (χ0v) is 11.6. The molecule has 1 aromatic carbocycles. The Labute approximate surface area is 118 Å². The third-order valence-electron chi connectivity index (χ3n) is 2.51. The van der Waals surface area contributed by atoms with Gasteiger partial charge in [-0.1, -0.05) is 18.3 Å². The summed E-state index contributed by atoms with van der Waals surface area (Å²) in [4.78, 5) is 10.1. The maximum atomic E-state index is 13.4. The molecule has 6 nitrogen and oxygen atoms in total. The average Bonchev–Trinajstić information content (AvgIpc) is 2.87. The lowest BCUT2D eigenvalue weighted by Crippen LogP contribution is -2.13. The van der Waals surface area contributed by atoms with Gasteiger partial charge in [-0.3, -0.25) is 10.1 Å². The van der Waals surface area contributed by atoms with Crippen LogP contribution in [0.15, 0.2) is 18.2 Å². The first-order valence-corrected chi connectivity index (χ1v) is 6.90. The zero-order valence-electron chi connectivity index (χ0n) is 10.8. The summed E-state index contributed by atoms with van der Waals surface area (Å²) in [5.74, 6) is -0.657. The van der Waals surface area contributed by atoms with Crippen molar-refractivity contribution >= 4 is 17.0 Å². The fourth-order valence-corrected chi connectivity index (χ4v) is 2.41. The Balaban J connectivity index is 2.21. The number of hydrogen-bond donors (Lipinski definition) is 1. The summed E-state index contributed by atoms with van der Waals surface area (Å²) in [5, 5.41) is 23.1. The molecular formula is C12H13FN4O2S. The molecule has 2 rings (SSSR count). The van der Waals surface area contributed by atoms with E-state index in [1.54, 1.807) is 0 Å². The van der Waals surface area contributed by atoms with Crippen molar-refractivity contribution in [2.75, 3.05) is 6.54 Å². The van der Waals surface area contributed by atoms with E-state index < -0.39 is 10.7 Å². The van der Waals surface area contributed by atoms with Crippen molar-refractivity contribution in [2.45, 2.75) is 19.9 Å². The maximum absolute atomic E-state index is 13.4. The second-order valence-corrected chi connectivity index (χ2v) is 5.20. The van der Waals surface area contributed by atoms with Crippen LogP contribution in [0.25, 0.3) is 10.6 Å². The molecule has 0 aliphatic carbocycles. The summed E-state index contributed by atoms with van der Waals surface area (Å²) in [6.07, 6.45) is 1.02. The molecule has 0 aliphatic heterocycles. The molecule has 0 fully saturated rings. The van der Waals surface area contributed by atoms with Gasteiger partial charge in [0.05, 0.1) is 11.0 Å². The quantitative estimate of drug-likeness (QED) is 0.503. The smallest absolute Gasteiger partial charge is 0.273 e. The van der Waals surface area contributed by atoms with E-state index in [9.17, 15) is 14.5 Å². The third kappa shape index (κ3) is 3.55. The van der Waals surface area contributed by atoms with Crippen LogP contribution in [0, 0.1) is 15.9 Å². The normalized spacial score (nSPS) is 10.7. The number of nitrogens with zero attached hydrogens (tertiary/aromatic N) is 3. The first-order chi connectivity index (χ1) is 9.60. The SMILES string of the molecule is CCCNCc1nnc(-c2cc(F)cc([N+](=O)[O-])c2)s1. The molecule has 2 aromatic rings. The van der Waals surface area contributed by atoms with Crippen molar-refractivity contribution in [2.24, 2.45) is 0 Å². The lowest BCUT2D eigenvalue weighted by molar-refractivity contribution is -0.385. The topological polar surface area (TPSA) is 81.0 Å². The molecule has 0 radical (unpaired) electrons. The molecule has 1 heterocycles. The first-order valence-electron chi connectivity index (χ1n) is 6.08. The maximum Gasteiger partial charge on any atom is 0.273 e. The predicted molar refractivity (Wildman–Crippen MR) is 74.0 cm³/mol. The number of hydrogen-bond acceptors (Lipinski definition) is 6. The molecule has 0 atom stereocenters. The number of non-ortho nitro benzene ring substituents is 1. The molecule has 1 aromatic heterocycles. The molecule has 0 aliphatic rings. The number of rotatable bonds is 6. The van der Waals surface area contributed by atoms with Crippen molar-refractivity contribution in [3.63, 3.8) is 0 Å². The average molecular weight is 296 g/mol. The number of halogens is 1. The summed E-state index contributed by atoms with van der Waals surface area (Å²) >= 11 is 1.29. The number of benzene rings is 1. The molecule has 20 heavy (non-hydrogen) atoms. The van der Waals surface area contributed by atoms with Gasteiger partial charge in [0, 0.05) is 18.2 Å². The highest BCUT2D eigenvalue weighted by Crippen LogP contribution is 2.27. The minimum Gasteiger partial charge on any atom is -0.310 e. The third-order valence-corrected chi connectivity index (χ3v) is 3.48. The van der Waals surface area contributed by atoms with Crippen LogP contribution in [0.4, 0.5) is 10.1 Å². The zero-order chi connectivity index (χ0) is 14.5. The van der Waals surface area contributed by atoms with Gasteiger partial charge in [0.15, 0.2) is 0 Å². The van der Waals surface area contributed by atoms with E-state index in [1.807, 2.05) is 0 Å². The minimum absolute atomic E-state index is 0.291. The van der Waals surface area contributed by atoms with Gasteiger partial charge in [-0.25, -0.2) is 4.39 Å². The van der Waals surface area contributed by atoms with Crippen LogP contribution in [0.5, 0.6) is 0 Å². The lowest BCUT2D eigenvalue weighted by atomic mass is 10.2. The van der Waals surface area contributed by atoms with E-state index in [1.165, 1.54) is 23.5 Å². The number of nitrogens with one attached hydrogen (secondary N) is 1. The molecule has 1 N–H and O–H groups in total. The number of aromatic nitrogens is 2. The largest absolute Gasteiger partial charge is 0.310 e. The molecule has 0 spiro atoms. The van der Waals surface area contributed by atoms with E-state index in [-0.39, 0.29) is 5.69 Å². The van der Waals surface area contributed by atoms with Crippen molar-refractivity contribution < 1.29 is 9.31 Å². The molecule has 0 saturated carbocycles. The van der Waals surface area contributed by atoms with Gasteiger partial charge < -0.3 is 5.32 Å². The lowest BCUT2D eigenvalue weighted by Gasteiger charge is -1.98. The molecule has 0 bridgehead atoms. The summed E-state index contributed by atoms with van der Waals surface area (Å²) in [7, 11) is 0. The first kappa shape index (κ1) is 14.5. The van der Waals surface area contributed by atoms with Crippen LogP contribution in [-0.4, -0.2) is 21.7 Å². The molecule has 0 saturated heterocycles. The summed E-state index contributed by atoms with van der Waals surface area (Å²) in [5.41, 5.74) is 0.0804. The number of nitro benzene ring substituents is 1. The standard InChI is InChI=1S/C12H13FN4O2S/c1-2-3-14-7-11-15-16-12(20-11)8-4-9(13)6-10(5-8)17(18)19/h4-6,14H,2-3,7H2,1H3. The molecular weight excluding hydrogens is 283 g/mol. The van der Waals surface area contributed by atoms with Crippen LogP contribution in [0.1, 0.15) is 18.4 Å². The second kappa shape index (κ2) is 6.49. The molecule has 106 valence electrons. The number of nitro groups is 1. The summed E-state index contributed by atoms with van der Waals surface area (Å²) in [6.45, 7) is 3.52. The van der Waals surface area contributed by atoms with Gasteiger partial charge in [-0.05, 0) is 19.0 Å². The van der Waals surface area contributed by atoms with Gasteiger partial charge in [0.2, 0.25) is 0 Å². The Morgan fingerprint density at radius 3 is 2.90 bits per heavy atom. The van der Waals surface area contributed by atoms with E-state index in [4.69, 9.17) is 0 Å². The fourth-order valence-electron chi connectivity index (χ4n) is 1.62. The van der Waals surface area contributed by atoms with Crippen LogP contribution in [0.2, 0.25) is 0 Å². The Kier molecular flexibility index (Phi) is 4.70. The summed E-state index contributed by atoms with van der Waals surface area (Å²) < 4.78 is 13.4. The highest BCUT2D eigenvalue weighted by Gasteiger charge is 2.14. The second-order valence-electron chi connectivity index (χ2n) is 4.13. The Bertz CT molecular complexity index is 617. The van der Waals surface area contributed by atoms with E-state index in [0.29, 0.717) is 17.1 Å². The predicted octanol–water partition coefficient (Wildman–Crippen LogP) is 2.75. The van der Waals surface area contributed by atoms with Crippen LogP contribution in [0.3, 0.4) is 0 Å². The molecule has 0 unspecified atom stereocenters. The van der Waals surface area contributed by atoms with Crippen molar-refractivity contribution in [1.82, 2.24) is 15.5 Å². The van der Waals surface area contributed by atoms with Crippen molar-refractivity contribution in [1.29, 1.82) is 0 Å². The van der Waals surface area contributed by atoms with Gasteiger partial charge >= 0.3 is 0 Å². The summed E-state index contributed by atoms with van der Waals surface area (Å²) in [6, 6.07) is 3.40. The van der Waals surface area contributed by atoms with Gasteiger partial charge in [0.25, 0.3) is 5.69 Å². The fraction of sp³-hybridized carbons (Fsp3) is 0.333. The minimum atomic E-state index is -0.657. The van der Waals surface area contributed by atoms with Gasteiger partial charge in [-0.2, -0.15) is 0 Å². The highest BCUT2D eigenvalue weighted by molar-refractivity contribution is 7.14. The van der Waals surface area contributed by atoms with E-state index >= 15 is 0 Å². The van der Waals surface area contributed by atoms with E-state index in [2.05, 4.69) is 22.4 Å². The van der Waals surface area contributed by atoms with Crippen molar-refractivity contribution in [3.8, 4) is 10.6 Å². The highest BCUT2D eigenvalue weighted by atomic mass is 32.1. The van der Waals surface area contributed by atoms with Crippen molar-refractivity contribution in [3.05, 3.63) is 39.1 Å². The van der Waals surface area contributed by atoms with Crippen LogP contribution in [-0.2, 0) is 6.54 Å². The monoisotopic (exact) mass is 296 g/mol. The van der Waals surface area contributed by atoms with Gasteiger partial charge in [-0.15, -0.1) is 10.2 Å². The van der Waals surface area contributed by atoms with Crippen LogP contribution < -0.4 is 5.32 Å².